The van der Waals surface area contributed by atoms with E-state index in [1.807, 2.05) is 19.1 Å². The van der Waals surface area contributed by atoms with E-state index < -0.39 is 11.7 Å². The van der Waals surface area contributed by atoms with Crippen LogP contribution in [0.1, 0.15) is 18.1 Å². The molecule has 0 heterocycles. The van der Waals surface area contributed by atoms with Crippen molar-refractivity contribution in [2.75, 3.05) is 5.32 Å². The van der Waals surface area contributed by atoms with Crippen molar-refractivity contribution in [1.29, 1.82) is 0 Å². The number of hydrogen-bond acceptors (Lipinski definition) is 1. The van der Waals surface area contributed by atoms with Gasteiger partial charge in [0.2, 0.25) is 0 Å². The zero-order valence-electron chi connectivity index (χ0n) is 11.4. The first-order valence-corrected chi connectivity index (χ1v) is 6.91. The minimum Gasteiger partial charge on any atom is -0.382 e. The molecule has 0 aliphatic carbocycles. The van der Waals surface area contributed by atoms with Gasteiger partial charge in [0.05, 0.1) is 5.56 Å². The number of rotatable bonds is 4. The second kappa shape index (κ2) is 6.39. The van der Waals surface area contributed by atoms with Crippen LogP contribution in [0.15, 0.2) is 48.5 Å². The van der Waals surface area contributed by atoms with Crippen LogP contribution in [0.25, 0.3) is 0 Å². The second-order valence-corrected chi connectivity index (χ2v) is 5.36. The van der Waals surface area contributed by atoms with Crippen molar-refractivity contribution in [1.82, 2.24) is 0 Å². The molecule has 0 aliphatic rings. The lowest BCUT2D eigenvalue weighted by Crippen LogP contribution is -2.20. The van der Waals surface area contributed by atoms with E-state index in [1.54, 1.807) is 18.2 Å². The topological polar surface area (TPSA) is 12.0 Å². The molecule has 2 aromatic carbocycles. The molecule has 2 rings (SSSR count). The monoisotopic (exact) mass is 313 g/mol. The lowest BCUT2D eigenvalue weighted by atomic mass is 10.1. The largest absolute Gasteiger partial charge is 0.418 e. The van der Waals surface area contributed by atoms with E-state index in [4.69, 9.17) is 11.6 Å². The van der Waals surface area contributed by atoms with Gasteiger partial charge >= 0.3 is 6.18 Å². The highest BCUT2D eigenvalue weighted by Gasteiger charge is 2.33. The van der Waals surface area contributed by atoms with Crippen molar-refractivity contribution in [3.8, 4) is 0 Å². The molecular formula is C16H15ClF3N. The van der Waals surface area contributed by atoms with E-state index in [0.29, 0.717) is 11.4 Å². The summed E-state index contributed by atoms with van der Waals surface area (Å²) in [5.74, 6) is 0. The Morgan fingerprint density at radius 3 is 2.29 bits per heavy atom. The average Bonchev–Trinajstić information content (AvgIpc) is 2.41. The van der Waals surface area contributed by atoms with Crippen molar-refractivity contribution >= 4 is 17.3 Å². The van der Waals surface area contributed by atoms with E-state index in [1.165, 1.54) is 12.1 Å². The standard InChI is InChI=1S/C16H15ClF3N/c1-11(10-12-6-8-13(17)9-7-12)21-15-5-3-2-4-14(15)16(18,19)20/h2-9,11,21H,10H2,1H3. The maximum Gasteiger partial charge on any atom is 0.418 e. The highest BCUT2D eigenvalue weighted by atomic mass is 35.5. The van der Waals surface area contributed by atoms with Crippen LogP contribution in [0.5, 0.6) is 0 Å². The number of para-hydroxylation sites is 1. The molecule has 1 unspecified atom stereocenters. The van der Waals surface area contributed by atoms with Crippen LogP contribution in [0, 0.1) is 0 Å². The Balaban J connectivity index is 2.09. The Labute approximate surface area is 126 Å². The van der Waals surface area contributed by atoms with Gasteiger partial charge in [0.1, 0.15) is 0 Å². The summed E-state index contributed by atoms with van der Waals surface area (Å²) < 4.78 is 38.7. The van der Waals surface area contributed by atoms with Gasteiger partial charge in [-0.3, -0.25) is 0 Å². The van der Waals surface area contributed by atoms with Gasteiger partial charge in [-0.25, -0.2) is 0 Å². The van der Waals surface area contributed by atoms with Crippen LogP contribution >= 0.6 is 11.6 Å². The quantitative estimate of drug-likeness (QED) is 0.796. The molecule has 112 valence electrons. The van der Waals surface area contributed by atoms with Gasteiger partial charge in [-0.05, 0) is 43.2 Å². The number of halogens is 4. The number of nitrogens with one attached hydrogen (secondary N) is 1. The summed E-state index contributed by atoms with van der Waals surface area (Å²) in [5.41, 5.74) is 0.475. The molecule has 0 spiro atoms. The van der Waals surface area contributed by atoms with E-state index in [9.17, 15) is 13.2 Å². The maximum atomic E-state index is 12.9. The first kappa shape index (κ1) is 15.7. The smallest absolute Gasteiger partial charge is 0.382 e. The zero-order valence-corrected chi connectivity index (χ0v) is 12.2. The second-order valence-electron chi connectivity index (χ2n) is 4.92. The third kappa shape index (κ3) is 4.39. The molecule has 2 aromatic rings. The lowest BCUT2D eigenvalue weighted by molar-refractivity contribution is -0.137. The molecule has 0 saturated carbocycles. The SMILES string of the molecule is CC(Cc1ccc(Cl)cc1)Nc1ccccc1C(F)(F)F. The Bertz CT molecular complexity index is 593. The third-order valence-corrected chi connectivity index (χ3v) is 3.34. The van der Waals surface area contributed by atoms with Gasteiger partial charge in [0, 0.05) is 16.8 Å². The first-order chi connectivity index (χ1) is 9.86. The first-order valence-electron chi connectivity index (χ1n) is 6.53. The van der Waals surface area contributed by atoms with Crippen LogP contribution in [0.4, 0.5) is 18.9 Å². The van der Waals surface area contributed by atoms with Gasteiger partial charge in [-0.15, -0.1) is 0 Å². The van der Waals surface area contributed by atoms with Gasteiger partial charge in [0.15, 0.2) is 0 Å². The van der Waals surface area contributed by atoms with Crippen molar-refractivity contribution < 1.29 is 13.2 Å². The minimum atomic E-state index is -4.36. The molecule has 5 heteroatoms. The van der Waals surface area contributed by atoms with Gasteiger partial charge in [-0.1, -0.05) is 35.9 Å². The maximum absolute atomic E-state index is 12.9. The van der Waals surface area contributed by atoms with Gasteiger partial charge < -0.3 is 5.32 Å². The zero-order chi connectivity index (χ0) is 15.5. The van der Waals surface area contributed by atoms with Crippen molar-refractivity contribution in [3.63, 3.8) is 0 Å². The van der Waals surface area contributed by atoms with E-state index in [-0.39, 0.29) is 11.7 Å². The molecule has 1 atom stereocenters. The Hall–Kier alpha value is -1.68. The summed E-state index contributed by atoms with van der Waals surface area (Å²) in [5, 5.41) is 3.57. The predicted molar refractivity (Wildman–Crippen MR) is 79.7 cm³/mol. The molecule has 0 radical (unpaired) electrons. The van der Waals surface area contributed by atoms with E-state index >= 15 is 0 Å². The van der Waals surface area contributed by atoms with Crippen molar-refractivity contribution in [2.45, 2.75) is 25.6 Å². The molecular weight excluding hydrogens is 299 g/mol. The molecule has 1 nitrogen and oxygen atoms in total. The number of anilines is 1. The highest BCUT2D eigenvalue weighted by Crippen LogP contribution is 2.34. The molecule has 21 heavy (non-hydrogen) atoms. The van der Waals surface area contributed by atoms with Crippen molar-refractivity contribution in [3.05, 3.63) is 64.7 Å². The Morgan fingerprint density at radius 2 is 1.67 bits per heavy atom. The molecule has 0 fully saturated rings. The summed E-state index contributed by atoms with van der Waals surface area (Å²) in [7, 11) is 0. The van der Waals surface area contributed by atoms with E-state index in [2.05, 4.69) is 5.32 Å². The van der Waals surface area contributed by atoms with E-state index in [0.717, 1.165) is 11.6 Å². The van der Waals surface area contributed by atoms with Crippen LogP contribution in [0.2, 0.25) is 5.02 Å². The predicted octanol–water partition coefficient (Wildman–Crippen LogP) is 5.40. The number of benzene rings is 2. The fourth-order valence-electron chi connectivity index (χ4n) is 2.15. The lowest BCUT2D eigenvalue weighted by Gasteiger charge is -2.19. The van der Waals surface area contributed by atoms with Crippen LogP contribution in [0.3, 0.4) is 0 Å². The van der Waals surface area contributed by atoms with Crippen LogP contribution in [-0.4, -0.2) is 6.04 Å². The Morgan fingerprint density at radius 1 is 1.05 bits per heavy atom. The molecule has 0 saturated heterocycles. The van der Waals surface area contributed by atoms with Crippen LogP contribution < -0.4 is 5.32 Å². The summed E-state index contributed by atoms with van der Waals surface area (Å²) in [6.07, 6.45) is -3.74. The molecule has 1 N–H and O–H groups in total. The molecule has 0 aliphatic heterocycles. The number of hydrogen-bond donors (Lipinski definition) is 1. The fraction of sp³-hybridized carbons (Fsp3) is 0.250. The number of alkyl halides is 3. The average molecular weight is 314 g/mol. The molecule has 0 bridgehead atoms. The summed E-state index contributed by atoms with van der Waals surface area (Å²) >= 11 is 5.81. The van der Waals surface area contributed by atoms with Crippen LogP contribution in [-0.2, 0) is 12.6 Å². The highest BCUT2D eigenvalue weighted by molar-refractivity contribution is 6.30. The molecule has 0 amide bonds. The summed E-state index contributed by atoms with van der Waals surface area (Å²) in [6, 6.07) is 12.7. The summed E-state index contributed by atoms with van der Waals surface area (Å²) in [6.45, 7) is 1.85. The fourth-order valence-corrected chi connectivity index (χ4v) is 2.27. The molecule has 0 aromatic heterocycles. The van der Waals surface area contributed by atoms with Crippen molar-refractivity contribution in [2.24, 2.45) is 0 Å². The third-order valence-electron chi connectivity index (χ3n) is 3.09. The van der Waals surface area contributed by atoms with Gasteiger partial charge in [-0.2, -0.15) is 13.2 Å². The normalized spacial score (nSPS) is 13.0. The van der Waals surface area contributed by atoms with Gasteiger partial charge in [0.25, 0.3) is 0 Å². The Kier molecular flexibility index (Phi) is 4.78. The summed E-state index contributed by atoms with van der Waals surface area (Å²) in [4.78, 5) is 0. The minimum absolute atomic E-state index is 0.103.